The molecule has 0 radical (unpaired) electrons. The number of nitrogens with zero attached hydrogens (tertiary/aromatic N) is 1. The molecule has 0 aliphatic rings. The van der Waals surface area contributed by atoms with Gasteiger partial charge in [0.05, 0.1) is 11.3 Å². The largest absolute Gasteiger partial charge is 0.416 e. The number of nitrogen functional groups attached to an aromatic ring is 1. The van der Waals surface area contributed by atoms with Crippen molar-refractivity contribution in [2.75, 3.05) is 5.32 Å². The molecule has 0 amide bonds. The van der Waals surface area contributed by atoms with Crippen molar-refractivity contribution in [2.24, 2.45) is 5.73 Å². The van der Waals surface area contributed by atoms with Crippen LogP contribution < -0.4 is 11.1 Å². The van der Waals surface area contributed by atoms with Crippen LogP contribution in [0.15, 0.2) is 53.9 Å². The molecular weight excluding hydrogens is 349 g/mol. The lowest BCUT2D eigenvalue weighted by Crippen LogP contribution is -2.10. The zero-order valence-electron chi connectivity index (χ0n) is 12.8. The molecule has 0 saturated heterocycles. The first-order valence-electron chi connectivity index (χ1n) is 7.17. The minimum Gasteiger partial charge on any atom is -0.384 e. The molecule has 0 fully saturated rings. The van der Waals surface area contributed by atoms with Gasteiger partial charge >= 0.3 is 6.18 Å². The van der Waals surface area contributed by atoms with E-state index in [-0.39, 0.29) is 5.84 Å². The van der Waals surface area contributed by atoms with Crippen molar-refractivity contribution >= 4 is 28.0 Å². The first-order valence-corrected chi connectivity index (χ1v) is 8.05. The molecule has 0 aliphatic carbocycles. The number of thiazole rings is 1. The Bertz CT molecular complexity index is 918. The lowest BCUT2D eigenvalue weighted by molar-refractivity contribution is -0.137. The van der Waals surface area contributed by atoms with Crippen LogP contribution in [0, 0.1) is 5.41 Å². The number of hydrogen-bond acceptors (Lipinski definition) is 4. The van der Waals surface area contributed by atoms with Crippen LogP contribution in [0.3, 0.4) is 0 Å². The Labute approximate surface area is 145 Å². The van der Waals surface area contributed by atoms with Gasteiger partial charge in [0.1, 0.15) is 5.84 Å². The van der Waals surface area contributed by atoms with Crippen molar-refractivity contribution in [3.8, 4) is 11.3 Å². The monoisotopic (exact) mass is 362 g/mol. The Balaban J connectivity index is 1.83. The third kappa shape index (κ3) is 3.97. The Morgan fingerprint density at radius 1 is 1.12 bits per heavy atom. The molecular formula is C17H13F3N4S. The molecule has 3 rings (SSSR count). The van der Waals surface area contributed by atoms with Crippen LogP contribution in [-0.2, 0) is 6.18 Å². The summed E-state index contributed by atoms with van der Waals surface area (Å²) in [5, 5.41) is 12.6. The average molecular weight is 362 g/mol. The van der Waals surface area contributed by atoms with E-state index in [2.05, 4.69) is 10.3 Å². The predicted molar refractivity (Wildman–Crippen MR) is 93.3 cm³/mol. The van der Waals surface area contributed by atoms with Gasteiger partial charge in [-0.3, -0.25) is 5.41 Å². The molecule has 1 aromatic heterocycles. The van der Waals surface area contributed by atoms with E-state index in [1.165, 1.54) is 17.4 Å². The Hall–Kier alpha value is -2.87. The first kappa shape index (κ1) is 17.0. The topological polar surface area (TPSA) is 74.8 Å². The van der Waals surface area contributed by atoms with Gasteiger partial charge in [-0.05, 0) is 24.3 Å². The molecule has 8 heteroatoms. The van der Waals surface area contributed by atoms with Gasteiger partial charge in [0.25, 0.3) is 0 Å². The van der Waals surface area contributed by atoms with Crippen molar-refractivity contribution in [1.82, 2.24) is 4.98 Å². The lowest BCUT2D eigenvalue weighted by Gasteiger charge is -2.09. The summed E-state index contributed by atoms with van der Waals surface area (Å²) in [6.45, 7) is 0. The summed E-state index contributed by atoms with van der Waals surface area (Å²) in [6.07, 6.45) is -4.39. The lowest BCUT2D eigenvalue weighted by atomic mass is 10.1. The zero-order valence-corrected chi connectivity index (χ0v) is 13.6. The highest BCUT2D eigenvalue weighted by atomic mass is 32.1. The molecule has 0 spiro atoms. The van der Waals surface area contributed by atoms with Gasteiger partial charge in [-0.25, -0.2) is 4.98 Å². The van der Waals surface area contributed by atoms with Crippen LogP contribution in [0.4, 0.5) is 24.0 Å². The Morgan fingerprint density at radius 3 is 2.60 bits per heavy atom. The summed E-state index contributed by atoms with van der Waals surface area (Å²) in [5.74, 6) is -0.0422. The van der Waals surface area contributed by atoms with E-state index in [4.69, 9.17) is 11.1 Å². The van der Waals surface area contributed by atoms with Gasteiger partial charge in [-0.2, -0.15) is 13.2 Å². The van der Waals surface area contributed by atoms with Gasteiger partial charge < -0.3 is 11.1 Å². The van der Waals surface area contributed by atoms with Crippen LogP contribution in [0.1, 0.15) is 11.1 Å². The van der Waals surface area contributed by atoms with Gasteiger partial charge in [0, 0.05) is 22.2 Å². The second-order valence-corrected chi connectivity index (χ2v) is 6.09. The molecule has 0 aliphatic heterocycles. The second-order valence-electron chi connectivity index (χ2n) is 5.24. The highest BCUT2D eigenvalue weighted by Gasteiger charge is 2.30. The van der Waals surface area contributed by atoms with Gasteiger partial charge in [-0.15, -0.1) is 11.3 Å². The van der Waals surface area contributed by atoms with Crippen molar-refractivity contribution in [3.05, 3.63) is 65.0 Å². The molecule has 0 bridgehead atoms. The van der Waals surface area contributed by atoms with Gasteiger partial charge in [0.2, 0.25) is 0 Å². The molecule has 0 atom stereocenters. The standard InChI is InChI=1S/C17H13F3N4S/c18-17(19,20)12-5-2-6-13(8-12)23-16-24-14(9-25-16)10-3-1-4-11(7-10)15(21)22/h1-9H,(H3,21,22)(H,23,24). The number of halogens is 3. The number of amidine groups is 1. The number of anilines is 2. The van der Waals surface area contributed by atoms with Gasteiger partial charge in [-0.1, -0.05) is 24.3 Å². The molecule has 1 heterocycles. The van der Waals surface area contributed by atoms with E-state index in [1.807, 2.05) is 6.07 Å². The van der Waals surface area contributed by atoms with Crippen LogP contribution >= 0.6 is 11.3 Å². The molecule has 128 valence electrons. The minimum atomic E-state index is -4.39. The number of nitrogens with one attached hydrogen (secondary N) is 2. The number of alkyl halides is 3. The molecule has 4 N–H and O–H groups in total. The third-order valence-corrected chi connectivity index (χ3v) is 4.17. The zero-order chi connectivity index (χ0) is 18.0. The number of hydrogen-bond donors (Lipinski definition) is 3. The first-order chi connectivity index (χ1) is 11.8. The maximum atomic E-state index is 12.8. The van der Waals surface area contributed by atoms with Crippen molar-refractivity contribution < 1.29 is 13.2 Å². The van der Waals surface area contributed by atoms with Crippen LogP contribution in [0.5, 0.6) is 0 Å². The van der Waals surface area contributed by atoms with E-state index in [1.54, 1.807) is 29.6 Å². The maximum absolute atomic E-state index is 12.8. The molecule has 3 aromatic rings. The number of nitrogens with two attached hydrogens (primary N) is 1. The summed E-state index contributed by atoms with van der Waals surface area (Å²) in [7, 11) is 0. The summed E-state index contributed by atoms with van der Waals surface area (Å²) in [4.78, 5) is 4.38. The highest BCUT2D eigenvalue weighted by molar-refractivity contribution is 7.14. The second kappa shape index (κ2) is 6.56. The summed E-state index contributed by atoms with van der Waals surface area (Å²) in [5.41, 5.74) is 7.09. The van der Waals surface area contributed by atoms with E-state index in [9.17, 15) is 13.2 Å². The number of benzene rings is 2. The molecule has 0 unspecified atom stereocenters. The van der Waals surface area contributed by atoms with E-state index >= 15 is 0 Å². The van der Waals surface area contributed by atoms with Crippen molar-refractivity contribution in [1.29, 1.82) is 5.41 Å². The Kier molecular flexibility index (Phi) is 4.45. The molecule has 25 heavy (non-hydrogen) atoms. The summed E-state index contributed by atoms with van der Waals surface area (Å²) < 4.78 is 38.3. The maximum Gasteiger partial charge on any atom is 0.416 e. The predicted octanol–water partition coefficient (Wildman–Crippen LogP) is 4.86. The molecule has 2 aromatic carbocycles. The highest BCUT2D eigenvalue weighted by Crippen LogP contribution is 2.32. The summed E-state index contributed by atoms with van der Waals surface area (Å²) >= 11 is 1.28. The molecule has 4 nitrogen and oxygen atoms in total. The van der Waals surface area contributed by atoms with Crippen LogP contribution in [0.25, 0.3) is 11.3 Å². The normalized spacial score (nSPS) is 11.3. The Morgan fingerprint density at radius 2 is 1.88 bits per heavy atom. The number of aromatic nitrogens is 1. The van der Waals surface area contributed by atoms with Crippen molar-refractivity contribution in [2.45, 2.75) is 6.18 Å². The van der Waals surface area contributed by atoms with E-state index in [0.717, 1.165) is 17.7 Å². The average Bonchev–Trinajstić information content (AvgIpc) is 3.03. The smallest absolute Gasteiger partial charge is 0.384 e. The van der Waals surface area contributed by atoms with E-state index < -0.39 is 11.7 Å². The summed E-state index contributed by atoms with van der Waals surface area (Å²) in [6, 6.07) is 12.0. The quantitative estimate of drug-likeness (QED) is 0.458. The fraction of sp³-hybridized carbons (Fsp3) is 0.0588. The number of rotatable bonds is 4. The van der Waals surface area contributed by atoms with E-state index in [0.29, 0.717) is 22.1 Å². The SMILES string of the molecule is N=C(N)c1cccc(-c2csc(Nc3cccc(C(F)(F)F)c3)n2)c1. The molecule has 0 saturated carbocycles. The fourth-order valence-corrected chi connectivity index (χ4v) is 2.95. The van der Waals surface area contributed by atoms with Gasteiger partial charge in [0.15, 0.2) is 5.13 Å². The van der Waals surface area contributed by atoms with Crippen LogP contribution in [-0.4, -0.2) is 10.8 Å². The fourth-order valence-electron chi connectivity index (χ4n) is 2.21. The van der Waals surface area contributed by atoms with Crippen LogP contribution in [0.2, 0.25) is 0 Å². The third-order valence-electron chi connectivity index (χ3n) is 3.41. The minimum absolute atomic E-state index is 0.0422. The van der Waals surface area contributed by atoms with Crippen molar-refractivity contribution in [3.63, 3.8) is 0 Å².